The summed E-state index contributed by atoms with van der Waals surface area (Å²) in [6.45, 7) is 8.22. The number of hydrogen-bond donors (Lipinski definition) is 1. The molecule has 2 saturated carbocycles. The van der Waals surface area contributed by atoms with E-state index in [1.807, 2.05) is 6.07 Å². The Labute approximate surface area is 142 Å². The van der Waals surface area contributed by atoms with Crippen LogP contribution in [0.3, 0.4) is 0 Å². The Bertz CT molecular complexity index is 534. The van der Waals surface area contributed by atoms with E-state index in [1.54, 1.807) is 6.07 Å². The third-order valence-electron chi connectivity index (χ3n) is 6.48. The average molecular weight is 377 g/mol. The Balaban J connectivity index is 0.00000161. The normalized spacial score (nSPS) is 33.0. The fraction of sp³-hybridized carbons (Fsp3) is 0.647. The van der Waals surface area contributed by atoms with Crippen LogP contribution in [0.4, 0.5) is 4.39 Å². The largest absolute Gasteiger partial charge is 1.00 e. The quantitative estimate of drug-likeness (QED) is 0.802. The lowest BCUT2D eigenvalue weighted by Crippen LogP contribution is -3.00. The van der Waals surface area contributed by atoms with Gasteiger partial charge >= 0.3 is 0 Å². The molecule has 0 amide bonds. The summed E-state index contributed by atoms with van der Waals surface area (Å²) < 4.78 is 13.2. The summed E-state index contributed by atoms with van der Waals surface area (Å²) in [6, 6.07) is 5.75. The van der Waals surface area contributed by atoms with Gasteiger partial charge in [0.2, 0.25) is 0 Å². The Morgan fingerprint density at radius 2 is 2.05 bits per heavy atom. The molecule has 3 unspecified atom stereocenters. The summed E-state index contributed by atoms with van der Waals surface area (Å²) in [6.07, 6.45) is 4.05. The molecule has 2 fully saturated rings. The zero-order valence-corrected chi connectivity index (χ0v) is 15.3. The third kappa shape index (κ3) is 2.66. The topological polar surface area (TPSA) is 16.6 Å². The number of rotatable bonds is 3. The van der Waals surface area contributed by atoms with Crippen molar-refractivity contribution in [3.8, 4) is 0 Å². The van der Waals surface area contributed by atoms with Crippen molar-refractivity contribution in [3.05, 3.63) is 34.6 Å². The van der Waals surface area contributed by atoms with E-state index in [2.05, 4.69) is 26.1 Å². The monoisotopic (exact) mass is 375 g/mol. The van der Waals surface area contributed by atoms with E-state index < -0.39 is 0 Å². The Morgan fingerprint density at radius 1 is 1.33 bits per heavy atom. The fourth-order valence-electron chi connectivity index (χ4n) is 4.57. The predicted molar refractivity (Wildman–Crippen MR) is 80.1 cm³/mol. The van der Waals surface area contributed by atoms with Crippen molar-refractivity contribution in [2.24, 2.45) is 16.7 Å². The van der Waals surface area contributed by atoms with E-state index in [4.69, 9.17) is 11.6 Å². The lowest BCUT2D eigenvalue weighted by molar-refractivity contribution is -0.717. The number of quaternary nitrogens is 1. The number of fused-ring (bicyclic) bond motifs is 2. The van der Waals surface area contributed by atoms with Crippen LogP contribution in [-0.2, 0) is 6.54 Å². The van der Waals surface area contributed by atoms with Gasteiger partial charge in [-0.1, -0.05) is 38.4 Å². The molecule has 118 valence electrons. The SMILES string of the molecule is CC1(C)C2CCC1(C)C([NH2+]Cc1ccc(F)c(Cl)c1)C2.[Br-]. The first-order valence-electron chi connectivity index (χ1n) is 7.62. The van der Waals surface area contributed by atoms with Crippen LogP contribution >= 0.6 is 11.6 Å². The van der Waals surface area contributed by atoms with Crippen LogP contribution in [0, 0.1) is 22.6 Å². The lowest BCUT2D eigenvalue weighted by atomic mass is 9.69. The maximum absolute atomic E-state index is 13.2. The molecule has 0 aliphatic heterocycles. The molecule has 3 rings (SSSR count). The van der Waals surface area contributed by atoms with Crippen LogP contribution in [-0.4, -0.2) is 6.04 Å². The van der Waals surface area contributed by atoms with Gasteiger partial charge in [0, 0.05) is 17.4 Å². The summed E-state index contributed by atoms with van der Waals surface area (Å²) in [5.41, 5.74) is 2.00. The molecule has 1 aromatic carbocycles. The van der Waals surface area contributed by atoms with E-state index >= 15 is 0 Å². The first-order chi connectivity index (χ1) is 9.34. The minimum atomic E-state index is -0.330. The van der Waals surface area contributed by atoms with Crippen molar-refractivity contribution in [1.29, 1.82) is 0 Å². The van der Waals surface area contributed by atoms with E-state index in [-0.39, 0.29) is 27.8 Å². The standard InChI is InChI=1S/C17H23ClFN.BrH/c1-16(2)12-6-7-17(16,3)15(9-12)20-10-11-4-5-14(19)13(18)8-11;/h4-5,8,12,15,20H,6-7,9-10H2,1-3H3;1H. The molecule has 0 aromatic heterocycles. The molecule has 4 heteroatoms. The van der Waals surface area contributed by atoms with Crippen molar-refractivity contribution in [2.45, 2.75) is 52.6 Å². The van der Waals surface area contributed by atoms with Gasteiger partial charge in [0.25, 0.3) is 0 Å². The molecule has 0 heterocycles. The molecule has 1 aromatic rings. The number of hydrogen-bond acceptors (Lipinski definition) is 0. The second-order valence-corrected chi connectivity index (χ2v) is 7.81. The van der Waals surface area contributed by atoms with Crippen LogP contribution in [0.25, 0.3) is 0 Å². The molecule has 3 atom stereocenters. The highest BCUT2D eigenvalue weighted by atomic mass is 79.9. The Kier molecular flexibility index (Phi) is 4.78. The van der Waals surface area contributed by atoms with Gasteiger partial charge in [-0.05, 0) is 36.3 Å². The molecule has 21 heavy (non-hydrogen) atoms. The van der Waals surface area contributed by atoms with Gasteiger partial charge in [0.1, 0.15) is 12.4 Å². The highest BCUT2D eigenvalue weighted by Crippen LogP contribution is 2.64. The highest BCUT2D eigenvalue weighted by molar-refractivity contribution is 6.30. The number of nitrogens with two attached hydrogens (primary N) is 1. The number of halogens is 3. The van der Waals surface area contributed by atoms with Crippen LogP contribution in [0.1, 0.15) is 45.6 Å². The van der Waals surface area contributed by atoms with Crippen molar-refractivity contribution in [1.82, 2.24) is 0 Å². The summed E-state index contributed by atoms with van der Waals surface area (Å²) >= 11 is 5.86. The predicted octanol–water partition coefficient (Wildman–Crippen LogP) is 0.761. The van der Waals surface area contributed by atoms with Gasteiger partial charge in [0.15, 0.2) is 0 Å². The van der Waals surface area contributed by atoms with E-state index in [0.29, 0.717) is 16.9 Å². The zero-order chi connectivity index (χ0) is 14.5. The first kappa shape index (κ1) is 17.2. The van der Waals surface area contributed by atoms with Gasteiger partial charge in [0.05, 0.1) is 11.1 Å². The molecule has 1 nitrogen and oxygen atoms in total. The Hall–Kier alpha value is -0.120. The van der Waals surface area contributed by atoms with Crippen LogP contribution in [0.2, 0.25) is 5.02 Å². The summed E-state index contributed by atoms with van der Waals surface area (Å²) in [7, 11) is 0. The van der Waals surface area contributed by atoms with Gasteiger partial charge < -0.3 is 22.3 Å². The summed E-state index contributed by atoms with van der Waals surface area (Å²) in [5, 5.41) is 2.68. The van der Waals surface area contributed by atoms with Gasteiger partial charge in [-0.3, -0.25) is 0 Å². The molecule has 2 aliphatic rings. The van der Waals surface area contributed by atoms with Crippen LogP contribution in [0.5, 0.6) is 0 Å². The van der Waals surface area contributed by atoms with Crippen molar-refractivity contribution >= 4 is 11.6 Å². The van der Waals surface area contributed by atoms with Gasteiger partial charge in [-0.25, -0.2) is 4.39 Å². The smallest absolute Gasteiger partial charge is 0.141 e. The van der Waals surface area contributed by atoms with Crippen molar-refractivity contribution in [2.75, 3.05) is 0 Å². The number of benzene rings is 1. The van der Waals surface area contributed by atoms with E-state index in [0.717, 1.165) is 18.0 Å². The second-order valence-electron chi connectivity index (χ2n) is 7.41. The maximum Gasteiger partial charge on any atom is 0.141 e. The first-order valence-corrected chi connectivity index (χ1v) is 7.99. The average Bonchev–Trinajstić information content (AvgIpc) is 2.73. The molecule has 0 radical (unpaired) electrons. The molecule has 0 spiro atoms. The summed E-state index contributed by atoms with van der Waals surface area (Å²) in [5.74, 6) is 0.536. The van der Waals surface area contributed by atoms with Crippen molar-refractivity contribution in [3.63, 3.8) is 0 Å². The Morgan fingerprint density at radius 3 is 2.57 bits per heavy atom. The van der Waals surface area contributed by atoms with Crippen LogP contribution < -0.4 is 22.3 Å². The second kappa shape index (κ2) is 5.82. The minimum Gasteiger partial charge on any atom is -1.00 e. The van der Waals surface area contributed by atoms with E-state index in [9.17, 15) is 4.39 Å². The molecular weight excluding hydrogens is 353 g/mol. The lowest BCUT2D eigenvalue weighted by Gasteiger charge is -2.37. The molecule has 0 saturated heterocycles. The van der Waals surface area contributed by atoms with Crippen molar-refractivity contribution < 1.29 is 26.7 Å². The maximum atomic E-state index is 13.2. The minimum absolute atomic E-state index is 0. The molecule has 2 aliphatic carbocycles. The zero-order valence-electron chi connectivity index (χ0n) is 12.9. The molecule has 2 N–H and O–H groups in total. The van der Waals surface area contributed by atoms with Gasteiger partial charge in [-0.2, -0.15) is 0 Å². The van der Waals surface area contributed by atoms with E-state index in [1.165, 1.54) is 25.3 Å². The van der Waals surface area contributed by atoms with Crippen LogP contribution in [0.15, 0.2) is 18.2 Å². The fourth-order valence-corrected chi connectivity index (χ4v) is 4.77. The molecular formula is C17H24BrClFN. The summed E-state index contributed by atoms with van der Waals surface area (Å²) in [4.78, 5) is 0. The van der Waals surface area contributed by atoms with Gasteiger partial charge in [-0.15, -0.1) is 0 Å². The highest BCUT2D eigenvalue weighted by Gasteiger charge is 2.63. The molecule has 2 bridgehead atoms. The third-order valence-corrected chi connectivity index (χ3v) is 6.77.